The third kappa shape index (κ3) is 3.50. The van der Waals surface area contributed by atoms with Crippen LogP contribution in [0.15, 0.2) is 18.2 Å². The van der Waals surface area contributed by atoms with Crippen molar-refractivity contribution in [1.29, 1.82) is 0 Å². The summed E-state index contributed by atoms with van der Waals surface area (Å²) >= 11 is 2.00. The molecule has 1 aromatic rings. The van der Waals surface area contributed by atoms with Crippen molar-refractivity contribution in [2.75, 3.05) is 19.6 Å². The van der Waals surface area contributed by atoms with Crippen LogP contribution in [0.4, 0.5) is 4.39 Å². The number of nitrogens with zero attached hydrogens (tertiary/aromatic N) is 1. The molecule has 1 aliphatic heterocycles. The molecule has 0 radical (unpaired) electrons. The molecule has 0 spiro atoms. The summed E-state index contributed by atoms with van der Waals surface area (Å²) in [5.74, 6) is -0.139. The molecule has 2 rings (SSSR count). The number of aryl methyl sites for hydroxylation is 1. The number of rotatable bonds is 3. The van der Waals surface area contributed by atoms with Crippen molar-refractivity contribution < 1.29 is 4.39 Å². The lowest BCUT2D eigenvalue weighted by molar-refractivity contribution is 0.195. The van der Waals surface area contributed by atoms with Crippen LogP contribution < -0.4 is 5.73 Å². The van der Waals surface area contributed by atoms with Crippen LogP contribution in [0.2, 0.25) is 0 Å². The van der Waals surface area contributed by atoms with Crippen LogP contribution in [-0.4, -0.2) is 35.0 Å². The Balaban J connectivity index is 2.26. The molecule has 1 saturated heterocycles. The molecule has 3 unspecified atom stereocenters. The van der Waals surface area contributed by atoms with Crippen molar-refractivity contribution in [2.45, 2.75) is 37.3 Å². The van der Waals surface area contributed by atoms with E-state index in [4.69, 9.17) is 5.73 Å². The topological polar surface area (TPSA) is 29.3 Å². The standard InChI is InChI=1S/C15H23FN2S/c1-10-4-5-14(16)13(6-10)15(7-17)18-8-11(2)19-12(3)9-18/h4-6,11-12,15H,7-9,17H2,1-3H3. The summed E-state index contributed by atoms with van der Waals surface area (Å²) in [6.45, 7) is 8.87. The smallest absolute Gasteiger partial charge is 0.128 e. The maximum Gasteiger partial charge on any atom is 0.128 e. The number of hydrogen-bond acceptors (Lipinski definition) is 3. The molecule has 1 heterocycles. The zero-order chi connectivity index (χ0) is 14.0. The van der Waals surface area contributed by atoms with E-state index in [1.54, 1.807) is 6.07 Å². The van der Waals surface area contributed by atoms with E-state index in [-0.39, 0.29) is 11.9 Å². The lowest BCUT2D eigenvalue weighted by Crippen LogP contribution is -2.45. The average Bonchev–Trinajstić information content (AvgIpc) is 2.33. The summed E-state index contributed by atoms with van der Waals surface area (Å²) in [7, 11) is 0. The Bertz CT molecular complexity index is 428. The molecule has 1 aliphatic rings. The van der Waals surface area contributed by atoms with Crippen LogP contribution >= 0.6 is 11.8 Å². The van der Waals surface area contributed by atoms with Crippen molar-refractivity contribution in [3.05, 3.63) is 35.1 Å². The third-order valence-corrected chi connectivity index (χ3v) is 4.85. The van der Waals surface area contributed by atoms with Crippen LogP contribution in [0.3, 0.4) is 0 Å². The Hall–Kier alpha value is -0.580. The second kappa shape index (κ2) is 6.25. The van der Waals surface area contributed by atoms with Gasteiger partial charge in [0.15, 0.2) is 0 Å². The van der Waals surface area contributed by atoms with E-state index in [0.717, 1.165) is 24.2 Å². The molecule has 0 saturated carbocycles. The molecular weight excluding hydrogens is 259 g/mol. The molecule has 3 atom stereocenters. The fourth-order valence-corrected chi connectivity index (χ4v) is 4.21. The van der Waals surface area contributed by atoms with Gasteiger partial charge in [0.25, 0.3) is 0 Å². The fourth-order valence-electron chi connectivity index (χ4n) is 2.86. The van der Waals surface area contributed by atoms with Crippen LogP contribution in [-0.2, 0) is 0 Å². The fraction of sp³-hybridized carbons (Fsp3) is 0.600. The number of benzene rings is 1. The number of halogens is 1. The van der Waals surface area contributed by atoms with E-state index in [1.165, 1.54) is 0 Å². The summed E-state index contributed by atoms with van der Waals surface area (Å²) in [5, 5.41) is 1.15. The second-order valence-corrected chi connectivity index (χ2v) is 7.37. The van der Waals surface area contributed by atoms with Gasteiger partial charge >= 0.3 is 0 Å². The number of thioether (sulfide) groups is 1. The molecule has 4 heteroatoms. The van der Waals surface area contributed by atoms with Gasteiger partial charge in [-0.2, -0.15) is 11.8 Å². The SMILES string of the molecule is Cc1ccc(F)c(C(CN)N2CC(C)SC(C)C2)c1. The Kier molecular flexibility index (Phi) is 4.87. The number of hydrogen-bond donors (Lipinski definition) is 1. The largest absolute Gasteiger partial charge is 0.329 e. The normalized spacial score (nSPS) is 26.4. The van der Waals surface area contributed by atoms with Crippen molar-refractivity contribution in [3.63, 3.8) is 0 Å². The first-order chi connectivity index (χ1) is 9.01. The molecule has 0 aliphatic carbocycles. The Morgan fingerprint density at radius 1 is 1.37 bits per heavy atom. The zero-order valence-corrected chi connectivity index (χ0v) is 12.7. The van der Waals surface area contributed by atoms with Gasteiger partial charge in [-0.1, -0.05) is 31.5 Å². The van der Waals surface area contributed by atoms with Gasteiger partial charge in [-0.25, -0.2) is 4.39 Å². The molecule has 19 heavy (non-hydrogen) atoms. The highest BCUT2D eigenvalue weighted by atomic mass is 32.2. The summed E-state index contributed by atoms with van der Waals surface area (Å²) in [6.07, 6.45) is 0. The second-order valence-electron chi connectivity index (χ2n) is 5.49. The maximum absolute atomic E-state index is 14.1. The highest BCUT2D eigenvalue weighted by molar-refractivity contribution is 8.00. The summed E-state index contributed by atoms with van der Waals surface area (Å²) in [4.78, 5) is 2.34. The van der Waals surface area contributed by atoms with E-state index in [2.05, 4.69) is 18.7 Å². The average molecular weight is 282 g/mol. The predicted molar refractivity (Wildman–Crippen MR) is 81.0 cm³/mol. The molecule has 0 aromatic heterocycles. The van der Waals surface area contributed by atoms with Crippen LogP contribution in [0.5, 0.6) is 0 Å². The van der Waals surface area contributed by atoms with E-state index >= 15 is 0 Å². The van der Waals surface area contributed by atoms with Gasteiger partial charge in [0, 0.05) is 41.7 Å². The quantitative estimate of drug-likeness (QED) is 0.924. The van der Waals surface area contributed by atoms with Gasteiger partial charge in [-0.3, -0.25) is 4.90 Å². The third-order valence-electron chi connectivity index (χ3n) is 3.62. The van der Waals surface area contributed by atoms with Crippen LogP contribution in [0, 0.1) is 12.7 Å². The molecule has 0 bridgehead atoms. The molecule has 1 aromatic carbocycles. The van der Waals surface area contributed by atoms with Crippen molar-refractivity contribution in [2.24, 2.45) is 5.73 Å². The molecule has 106 valence electrons. The highest BCUT2D eigenvalue weighted by Crippen LogP contribution is 2.31. The maximum atomic E-state index is 14.1. The minimum Gasteiger partial charge on any atom is -0.329 e. The van der Waals surface area contributed by atoms with Gasteiger partial charge in [-0.15, -0.1) is 0 Å². The van der Waals surface area contributed by atoms with Crippen molar-refractivity contribution >= 4 is 11.8 Å². The Morgan fingerprint density at radius 2 is 2.00 bits per heavy atom. The first-order valence-corrected chi connectivity index (χ1v) is 7.81. The van der Waals surface area contributed by atoms with Crippen LogP contribution in [0.25, 0.3) is 0 Å². The van der Waals surface area contributed by atoms with Gasteiger partial charge < -0.3 is 5.73 Å². The van der Waals surface area contributed by atoms with Crippen molar-refractivity contribution in [1.82, 2.24) is 4.90 Å². The molecule has 2 nitrogen and oxygen atoms in total. The first-order valence-electron chi connectivity index (χ1n) is 6.87. The van der Waals surface area contributed by atoms with Gasteiger partial charge in [0.2, 0.25) is 0 Å². The van der Waals surface area contributed by atoms with E-state index < -0.39 is 0 Å². The molecule has 1 fully saturated rings. The Morgan fingerprint density at radius 3 is 2.58 bits per heavy atom. The first kappa shape index (κ1) is 14.8. The minimum atomic E-state index is -0.139. The zero-order valence-electron chi connectivity index (χ0n) is 11.9. The number of nitrogens with two attached hydrogens (primary N) is 1. The van der Waals surface area contributed by atoms with E-state index in [1.807, 2.05) is 30.8 Å². The predicted octanol–water partition coefficient (Wildman–Crippen LogP) is 2.96. The summed E-state index contributed by atoms with van der Waals surface area (Å²) < 4.78 is 14.1. The Labute approximate surface area is 119 Å². The monoisotopic (exact) mass is 282 g/mol. The lowest BCUT2D eigenvalue weighted by atomic mass is 10.0. The highest BCUT2D eigenvalue weighted by Gasteiger charge is 2.29. The minimum absolute atomic E-state index is 0.00861. The van der Waals surface area contributed by atoms with E-state index in [0.29, 0.717) is 17.0 Å². The summed E-state index contributed by atoms with van der Waals surface area (Å²) in [5.41, 5.74) is 7.76. The van der Waals surface area contributed by atoms with Gasteiger partial charge in [0.1, 0.15) is 5.82 Å². The lowest BCUT2D eigenvalue weighted by Gasteiger charge is -2.39. The molecule has 0 amide bonds. The van der Waals surface area contributed by atoms with Crippen molar-refractivity contribution in [3.8, 4) is 0 Å². The molecule has 2 N–H and O–H groups in total. The van der Waals surface area contributed by atoms with Crippen LogP contribution in [0.1, 0.15) is 31.0 Å². The summed E-state index contributed by atoms with van der Waals surface area (Å²) in [6, 6.07) is 5.29. The van der Waals surface area contributed by atoms with Gasteiger partial charge in [0.05, 0.1) is 0 Å². The van der Waals surface area contributed by atoms with Gasteiger partial charge in [-0.05, 0) is 13.0 Å². The van der Waals surface area contributed by atoms with E-state index in [9.17, 15) is 4.39 Å². The molecular formula is C15H23FN2S.